The fourth-order valence-electron chi connectivity index (χ4n) is 3.22. The lowest BCUT2D eigenvalue weighted by Crippen LogP contribution is -2.52. The van der Waals surface area contributed by atoms with Crippen molar-refractivity contribution in [2.24, 2.45) is 0 Å². The Kier molecular flexibility index (Phi) is 5.86. The van der Waals surface area contributed by atoms with Gasteiger partial charge in [0.05, 0.1) is 6.04 Å². The normalized spacial score (nSPS) is 16.0. The summed E-state index contributed by atoms with van der Waals surface area (Å²) in [5, 5.41) is 2.83. The molecule has 27 heavy (non-hydrogen) atoms. The van der Waals surface area contributed by atoms with Gasteiger partial charge in [-0.2, -0.15) is 0 Å². The lowest BCUT2D eigenvalue weighted by molar-refractivity contribution is -0.120. The van der Waals surface area contributed by atoms with Crippen LogP contribution in [-0.4, -0.2) is 48.8 Å². The van der Waals surface area contributed by atoms with E-state index in [0.29, 0.717) is 11.3 Å². The highest BCUT2D eigenvalue weighted by Gasteiger charge is 2.25. The molecule has 142 valence electrons. The van der Waals surface area contributed by atoms with Crippen molar-refractivity contribution in [1.29, 1.82) is 0 Å². The molecule has 1 amide bonds. The fraction of sp³-hybridized carbons (Fsp3) is 0.333. The molecule has 0 saturated carbocycles. The quantitative estimate of drug-likeness (QED) is 0.823. The molecule has 0 unspecified atom stereocenters. The molecule has 1 aliphatic heterocycles. The van der Waals surface area contributed by atoms with Gasteiger partial charge in [0.15, 0.2) is 5.78 Å². The van der Waals surface area contributed by atoms with Crippen LogP contribution in [0, 0.1) is 5.82 Å². The zero-order valence-corrected chi connectivity index (χ0v) is 15.6. The number of piperazine rings is 1. The molecule has 0 aliphatic carbocycles. The van der Waals surface area contributed by atoms with E-state index in [-0.39, 0.29) is 23.5 Å². The van der Waals surface area contributed by atoms with E-state index in [4.69, 9.17) is 0 Å². The summed E-state index contributed by atoms with van der Waals surface area (Å²) in [5.41, 5.74) is 2.39. The van der Waals surface area contributed by atoms with Gasteiger partial charge in [0.2, 0.25) is 5.91 Å². The molecule has 1 saturated heterocycles. The number of hydrogen-bond donors (Lipinski definition) is 1. The number of Topliss-reactive ketones (excluding diaryl/α,β-unsaturated/α-hetero) is 1. The second-order valence-corrected chi connectivity index (χ2v) is 6.80. The van der Waals surface area contributed by atoms with Crippen LogP contribution in [0.4, 0.5) is 15.8 Å². The average molecular weight is 369 g/mol. The standard InChI is InChI=1S/C21H24FN3O2/c1-15(21(27)23-19-7-5-18(22)6-8-19)24-11-13-25(14-12-24)20-9-3-17(4-10-20)16(2)26/h3-10,15H,11-14H2,1-2H3,(H,23,27)/t15-/m1/s1. The third-order valence-electron chi connectivity index (χ3n) is 4.99. The number of halogens is 1. The van der Waals surface area contributed by atoms with Crippen LogP contribution in [0.1, 0.15) is 24.2 Å². The van der Waals surface area contributed by atoms with Gasteiger partial charge in [-0.25, -0.2) is 4.39 Å². The topological polar surface area (TPSA) is 52.7 Å². The molecule has 0 spiro atoms. The van der Waals surface area contributed by atoms with Crippen LogP contribution in [0.5, 0.6) is 0 Å². The summed E-state index contributed by atoms with van der Waals surface area (Å²) in [7, 11) is 0. The number of benzene rings is 2. The van der Waals surface area contributed by atoms with Crippen molar-refractivity contribution in [3.63, 3.8) is 0 Å². The highest BCUT2D eigenvalue weighted by Crippen LogP contribution is 2.19. The van der Waals surface area contributed by atoms with Crippen LogP contribution < -0.4 is 10.2 Å². The molecule has 0 aromatic heterocycles. The molecule has 1 heterocycles. The predicted molar refractivity (Wildman–Crippen MR) is 105 cm³/mol. The van der Waals surface area contributed by atoms with E-state index in [2.05, 4.69) is 15.1 Å². The van der Waals surface area contributed by atoms with Crippen LogP contribution in [0.3, 0.4) is 0 Å². The molecule has 1 atom stereocenters. The maximum atomic E-state index is 13.0. The summed E-state index contributed by atoms with van der Waals surface area (Å²) in [5.74, 6) is -0.360. The molecule has 5 nitrogen and oxygen atoms in total. The first-order chi connectivity index (χ1) is 12.9. The number of carbonyl (C=O) groups is 2. The van der Waals surface area contributed by atoms with E-state index in [1.54, 1.807) is 19.1 Å². The molecule has 2 aromatic carbocycles. The van der Waals surface area contributed by atoms with Gasteiger partial charge in [0.25, 0.3) is 0 Å². The lowest BCUT2D eigenvalue weighted by Gasteiger charge is -2.38. The zero-order valence-electron chi connectivity index (χ0n) is 15.6. The number of rotatable bonds is 5. The molecule has 1 N–H and O–H groups in total. The van der Waals surface area contributed by atoms with E-state index in [1.807, 2.05) is 31.2 Å². The van der Waals surface area contributed by atoms with Crippen molar-refractivity contribution < 1.29 is 14.0 Å². The van der Waals surface area contributed by atoms with Crippen molar-refractivity contribution in [2.75, 3.05) is 36.4 Å². The molecular formula is C21H24FN3O2. The number of carbonyl (C=O) groups excluding carboxylic acids is 2. The van der Waals surface area contributed by atoms with Crippen LogP contribution in [0.2, 0.25) is 0 Å². The summed E-state index contributed by atoms with van der Waals surface area (Å²) in [6, 6.07) is 13.1. The predicted octanol–water partition coefficient (Wildman–Crippen LogP) is 3.18. The maximum Gasteiger partial charge on any atom is 0.241 e. The minimum Gasteiger partial charge on any atom is -0.369 e. The van der Waals surface area contributed by atoms with E-state index in [9.17, 15) is 14.0 Å². The van der Waals surface area contributed by atoms with Crippen molar-refractivity contribution >= 4 is 23.1 Å². The molecule has 0 bridgehead atoms. The Labute approximate surface area is 158 Å². The molecule has 0 radical (unpaired) electrons. The van der Waals surface area contributed by atoms with Crippen molar-refractivity contribution in [2.45, 2.75) is 19.9 Å². The van der Waals surface area contributed by atoms with E-state index in [0.717, 1.165) is 31.9 Å². The molecule has 2 aromatic rings. The zero-order chi connectivity index (χ0) is 19.4. The van der Waals surface area contributed by atoms with Crippen LogP contribution >= 0.6 is 0 Å². The van der Waals surface area contributed by atoms with Crippen molar-refractivity contribution in [3.05, 3.63) is 59.9 Å². The summed E-state index contributed by atoms with van der Waals surface area (Å²) in [6.45, 7) is 6.61. The Hall–Kier alpha value is -2.73. The van der Waals surface area contributed by atoms with E-state index < -0.39 is 0 Å². The van der Waals surface area contributed by atoms with Crippen LogP contribution in [0.25, 0.3) is 0 Å². The Balaban J connectivity index is 1.53. The molecule has 6 heteroatoms. The summed E-state index contributed by atoms with van der Waals surface area (Å²) in [6.07, 6.45) is 0. The van der Waals surface area contributed by atoms with Gasteiger partial charge in [-0.05, 0) is 62.4 Å². The Morgan fingerprint density at radius 3 is 2.11 bits per heavy atom. The summed E-state index contributed by atoms with van der Waals surface area (Å²) < 4.78 is 13.0. The van der Waals surface area contributed by atoms with Gasteiger partial charge in [-0.3, -0.25) is 14.5 Å². The number of nitrogens with one attached hydrogen (secondary N) is 1. The average Bonchev–Trinajstić information content (AvgIpc) is 2.69. The third kappa shape index (κ3) is 4.71. The molecule has 1 fully saturated rings. The smallest absolute Gasteiger partial charge is 0.241 e. The number of amides is 1. The van der Waals surface area contributed by atoms with Crippen molar-refractivity contribution in [1.82, 2.24) is 4.90 Å². The van der Waals surface area contributed by atoms with Crippen molar-refractivity contribution in [3.8, 4) is 0 Å². The summed E-state index contributed by atoms with van der Waals surface area (Å²) in [4.78, 5) is 28.2. The largest absolute Gasteiger partial charge is 0.369 e. The Bertz CT molecular complexity index is 797. The van der Waals surface area contributed by atoms with Gasteiger partial charge in [-0.1, -0.05) is 0 Å². The van der Waals surface area contributed by atoms with E-state index >= 15 is 0 Å². The summed E-state index contributed by atoms with van der Waals surface area (Å²) >= 11 is 0. The highest BCUT2D eigenvalue weighted by atomic mass is 19.1. The SMILES string of the molecule is CC(=O)c1ccc(N2CCN([C@H](C)C(=O)Nc3ccc(F)cc3)CC2)cc1. The minimum absolute atomic E-state index is 0.0624. The first-order valence-electron chi connectivity index (χ1n) is 9.10. The van der Waals surface area contributed by atoms with Crippen LogP contribution in [-0.2, 0) is 4.79 Å². The third-order valence-corrected chi connectivity index (χ3v) is 4.99. The number of ketones is 1. The first kappa shape index (κ1) is 19.0. The highest BCUT2D eigenvalue weighted by molar-refractivity contribution is 5.95. The first-order valence-corrected chi connectivity index (χ1v) is 9.10. The second kappa shape index (κ2) is 8.31. The van der Waals surface area contributed by atoms with Gasteiger partial charge in [0, 0.05) is 43.1 Å². The minimum atomic E-state index is -0.325. The lowest BCUT2D eigenvalue weighted by atomic mass is 10.1. The molecule has 3 rings (SSSR count). The maximum absolute atomic E-state index is 13.0. The number of hydrogen-bond acceptors (Lipinski definition) is 4. The Morgan fingerprint density at radius 1 is 0.963 bits per heavy atom. The second-order valence-electron chi connectivity index (χ2n) is 6.80. The monoisotopic (exact) mass is 369 g/mol. The van der Waals surface area contributed by atoms with E-state index in [1.165, 1.54) is 12.1 Å². The van der Waals surface area contributed by atoms with Gasteiger partial charge in [0.1, 0.15) is 5.82 Å². The molecular weight excluding hydrogens is 345 g/mol. The number of nitrogens with zero attached hydrogens (tertiary/aromatic N) is 2. The fourth-order valence-corrected chi connectivity index (χ4v) is 3.22. The Morgan fingerprint density at radius 2 is 1.56 bits per heavy atom. The molecule has 1 aliphatic rings. The van der Waals surface area contributed by atoms with Crippen LogP contribution in [0.15, 0.2) is 48.5 Å². The van der Waals surface area contributed by atoms with Gasteiger partial charge < -0.3 is 10.2 Å². The van der Waals surface area contributed by atoms with Gasteiger partial charge in [-0.15, -0.1) is 0 Å². The number of anilines is 2. The van der Waals surface area contributed by atoms with Gasteiger partial charge >= 0.3 is 0 Å².